The molecule has 3 fully saturated rings. The Labute approximate surface area is 164 Å². The molecule has 27 heavy (non-hydrogen) atoms. The van der Waals surface area contributed by atoms with Gasteiger partial charge in [0, 0.05) is 19.1 Å². The zero-order valence-corrected chi connectivity index (χ0v) is 17.3. The standard InChI is InChI=1S/C22H38N2O3/c1-3-5-16(2)6-4-7-21(25)23-19-14-18-10-11-20(19)24(18)22(26)12-13-27-15-17-8-9-17/h16-20H,3-15H2,1-2H3,(H,23,25)/t16?,18-,19+,20+/m0/s1. The number of amides is 2. The molecule has 3 aliphatic rings. The van der Waals surface area contributed by atoms with Gasteiger partial charge in [-0.2, -0.15) is 0 Å². The Bertz CT molecular complexity index is 506. The number of hydrogen-bond acceptors (Lipinski definition) is 3. The Morgan fingerprint density at radius 2 is 1.96 bits per heavy atom. The van der Waals surface area contributed by atoms with Crippen LogP contribution in [-0.2, 0) is 14.3 Å². The Kier molecular flexibility index (Phi) is 7.57. The quantitative estimate of drug-likeness (QED) is 0.527. The second-order valence-corrected chi connectivity index (χ2v) is 9.06. The molecule has 2 heterocycles. The molecule has 4 atom stereocenters. The topological polar surface area (TPSA) is 58.6 Å². The first kappa shape index (κ1) is 20.6. The Morgan fingerprint density at radius 1 is 1.15 bits per heavy atom. The van der Waals surface area contributed by atoms with Gasteiger partial charge >= 0.3 is 0 Å². The molecule has 0 aromatic carbocycles. The molecule has 154 valence electrons. The fourth-order valence-electron chi connectivity index (χ4n) is 4.88. The van der Waals surface area contributed by atoms with Crippen LogP contribution in [0.15, 0.2) is 0 Å². The predicted molar refractivity (Wildman–Crippen MR) is 106 cm³/mol. The van der Waals surface area contributed by atoms with Gasteiger partial charge in [0.15, 0.2) is 0 Å². The summed E-state index contributed by atoms with van der Waals surface area (Å²) < 4.78 is 5.63. The van der Waals surface area contributed by atoms with Crippen LogP contribution in [0.5, 0.6) is 0 Å². The summed E-state index contributed by atoms with van der Waals surface area (Å²) in [4.78, 5) is 27.0. The zero-order valence-electron chi connectivity index (χ0n) is 17.3. The second kappa shape index (κ2) is 9.90. The van der Waals surface area contributed by atoms with E-state index in [1.807, 2.05) is 0 Å². The molecule has 1 N–H and O–H groups in total. The minimum atomic E-state index is 0.153. The van der Waals surface area contributed by atoms with E-state index in [0.29, 0.717) is 31.4 Å². The Balaban J connectivity index is 1.36. The normalized spacial score (nSPS) is 27.8. The van der Waals surface area contributed by atoms with E-state index < -0.39 is 0 Å². The summed E-state index contributed by atoms with van der Waals surface area (Å²) in [6, 6.07) is 0.676. The summed E-state index contributed by atoms with van der Waals surface area (Å²) in [5.41, 5.74) is 0. The van der Waals surface area contributed by atoms with Crippen molar-refractivity contribution >= 4 is 11.8 Å². The van der Waals surface area contributed by atoms with Crippen molar-refractivity contribution in [1.29, 1.82) is 0 Å². The Morgan fingerprint density at radius 3 is 2.70 bits per heavy atom. The minimum absolute atomic E-state index is 0.153. The molecule has 2 saturated heterocycles. The minimum Gasteiger partial charge on any atom is -0.381 e. The van der Waals surface area contributed by atoms with Crippen molar-refractivity contribution in [3.05, 3.63) is 0 Å². The van der Waals surface area contributed by atoms with Gasteiger partial charge < -0.3 is 15.0 Å². The third-order valence-corrected chi connectivity index (χ3v) is 6.56. The first-order valence-electron chi connectivity index (χ1n) is 11.3. The van der Waals surface area contributed by atoms with Crippen LogP contribution >= 0.6 is 0 Å². The number of carbonyl (C=O) groups excluding carboxylic acids is 2. The van der Waals surface area contributed by atoms with Crippen LogP contribution in [-0.4, -0.2) is 48.1 Å². The van der Waals surface area contributed by atoms with Crippen LogP contribution in [0.4, 0.5) is 0 Å². The van der Waals surface area contributed by atoms with Gasteiger partial charge in [-0.25, -0.2) is 0 Å². The largest absolute Gasteiger partial charge is 0.381 e. The van der Waals surface area contributed by atoms with Gasteiger partial charge in [0.05, 0.1) is 25.1 Å². The lowest BCUT2D eigenvalue weighted by Crippen LogP contribution is -2.45. The summed E-state index contributed by atoms with van der Waals surface area (Å²) in [5, 5.41) is 3.23. The molecule has 0 aromatic heterocycles. The molecule has 1 aliphatic carbocycles. The summed E-state index contributed by atoms with van der Waals surface area (Å²) in [7, 11) is 0. The van der Waals surface area contributed by atoms with Crippen molar-refractivity contribution < 1.29 is 14.3 Å². The van der Waals surface area contributed by atoms with Crippen molar-refractivity contribution in [3.8, 4) is 0 Å². The number of nitrogens with zero attached hydrogens (tertiary/aromatic N) is 1. The number of hydrogen-bond donors (Lipinski definition) is 1. The van der Waals surface area contributed by atoms with Crippen LogP contribution in [0.25, 0.3) is 0 Å². The molecule has 1 unspecified atom stereocenters. The summed E-state index contributed by atoms with van der Waals surface area (Å²) >= 11 is 0. The Hall–Kier alpha value is -1.10. The maximum Gasteiger partial charge on any atom is 0.225 e. The van der Waals surface area contributed by atoms with Crippen LogP contribution in [0.3, 0.4) is 0 Å². The fourth-order valence-corrected chi connectivity index (χ4v) is 4.88. The molecule has 5 heteroatoms. The molecule has 3 rings (SSSR count). The lowest BCUT2D eigenvalue weighted by atomic mass is 9.95. The lowest BCUT2D eigenvalue weighted by molar-refractivity contribution is -0.134. The van der Waals surface area contributed by atoms with Gasteiger partial charge in [-0.1, -0.05) is 33.1 Å². The second-order valence-electron chi connectivity index (χ2n) is 9.06. The highest BCUT2D eigenvalue weighted by molar-refractivity contribution is 5.79. The van der Waals surface area contributed by atoms with Gasteiger partial charge in [-0.05, 0) is 50.4 Å². The molecule has 2 amide bonds. The average Bonchev–Trinajstić information content (AvgIpc) is 3.28. The van der Waals surface area contributed by atoms with Crippen molar-refractivity contribution in [2.24, 2.45) is 11.8 Å². The molecule has 2 aliphatic heterocycles. The van der Waals surface area contributed by atoms with Crippen molar-refractivity contribution in [1.82, 2.24) is 10.2 Å². The molecular formula is C22H38N2O3. The highest BCUT2D eigenvalue weighted by Crippen LogP contribution is 2.38. The van der Waals surface area contributed by atoms with E-state index in [4.69, 9.17) is 4.74 Å². The number of ether oxygens (including phenoxy) is 1. The smallest absolute Gasteiger partial charge is 0.225 e. The number of fused-ring (bicyclic) bond motifs is 2. The molecular weight excluding hydrogens is 340 g/mol. The van der Waals surface area contributed by atoms with E-state index >= 15 is 0 Å². The van der Waals surface area contributed by atoms with E-state index in [1.54, 1.807) is 0 Å². The van der Waals surface area contributed by atoms with Crippen LogP contribution in [0.2, 0.25) is 0 Å². The van der Waals surface area contributed by atoms with Crippen LogP contribution < -0.4 is 5.32 Å². The van der Waals surface area contributed by atoms with Crippen molar-refractivity contribution in [2.75, 3.05) is 13.2 Å². The van der Waals surface area contributed by atoms with Gasteiger partial charge in [-0.3, -0.25) is 9.59 Å². The van der Waals surface area contributed by atoms with E-state index in [1.165, 1.54) is 25.7 Å². The first-order chi connectivity index (χ1) is 13.1. The maximum absolute atomic E-state index is 12.6. The van der Waals surface area contributed by atoms with Gasteiger partial charge in [0.2, 0.25) is 11.8 Å². The maximum atomic E-state index is 12.6. The fraction of sp³-hybridized carbons (Fsp3) is 0.909. The lowest BCUT2D eigenvalue weighted by Gasteiger charge is -2.25. The first-order valence-corrected chi connectivity index (χ1v) is 11.3. The zero-order chi connectivity index (χ0) is 19.2. The van der Waals surface area contributed by atoms with E-state index in [-0.39, 0.29) is 23.9 Å². The molecule has 5 nitrogen and oxygen atoms in total. The van der Waals surface area contributed by atoms with E-state index in [9.17, 15) is 9.59 Å². The third kappa shape index (κ3) is 5.94. The van der Waals surface area contributed by atoms with Gasteiger partial charge in [0.25, 0.3) is 0 Å². The van der Waals surface area contributed by atoms with Crippen molar-refractivity contribution in [2.45, 2.75) is 103 Å². The summed E-state index contributed by atoms with van der Waals surface area (Å²) in [6.07, 6.45) is 11.3. The monoisotopic (exact) mass is 378 g/mol. The predicted octanol–water partition coefficient (Wildman–Crippen LogP) is 3.66. The summed E-state index contributed by atoms with van der Waals surface area (Å²) in [5.74, 6) is 1.83. The van der Waals surface area contributed by atoms with Crippen molar-refractivity contribution in [3.63, 3.8) is 0 Å². The number of carbonyl (C=O) groups is 2. The average molecular weight is 379 g/mol. The molecule has 1 saturated carbocycles. The van der Waals surface area contributed by atoms with Gasteiger partial charge in [-0.15, -0.1) is 0 Å². The number of rotatable bonds is 12. The highest BCUT2D eigenvalue weighted by Gasteiger charge is 2.48. The molecule has 0 spiro atoms. The molecule has 0 radical (unpaired) electrons. The molecule has 2 bridgehead atoms. The van der Waals surface area contributed by atoms with E-state index in [0.717, 1.165) is 44.6 Å². The number of nitrogens with one attached hydrogen (secondary N) is 1. The SMILES string of the molecule is CCCC(C)CCCC(=O)N[C@@H]1C[C@@H]2CC[C@H]1N2C(=O)CCOCC1CC1. The highest BCUT2D eigenvalue weighted by atomic mass is 16.5. The third-order valence-electron chi connectivity index (χ3n) is 6.56. The van der Waals surface area contributed by atoms with E-state index in [2.05, 4.69) is 24.1 Å². The summed E-state index contributed by atoms with van der Waals surface area (Å²) in [6.45, 7) is 5.84. The van der Waals surface area contributed by atoms with Crippen LogP contribution in [0, 0.1) is 11.8 Å². The van der Waals surface area contributed by atoms with Crippen LogP contribution in [0.1, 0.15) is 84.5 Å². The molecule has 0 aromatic rings. The van der Waals surface area contributed by atoms with Gasteiger partial charge in [0.1, 0.15) is 0 Å².